The summed E-state index contributed by atoms with van der Waals surface area (Å²) in [5.74, 6) is 0.573. The van der Waals surface area contributed by atoms with Crippen molar-refractivity contribution in [2.75, 3.05) is 5.32 Å². The zero-order valence-electron chi connectivity index (χ0n) is 15.9. The molecule has 0 fully saturated rings. The van der Waals surface area contributed by atoms with Crippen molar-refractivity contribution in [1.29, 1.82) is 0 Å². The number of nitrogens with one attached hydrogen (secondary N) is 1. The zero-order valence-corrected chi connectivity index (χ0v) is 15.9. The first-order valence-electron chi connectivity index (χ1n) is 8.96. The molecule has 0 saturated carbocycles. The molecular formula is C21H20N6O. The van der Waals surface area contributed by atoms with Crippen molar-refractivity contribution in [3.63, 3.8) is 0 Å². The first-order valence-corrected chi connectivity index (χ1v) is 8.96. The monoisotopic (exact) mass is 372 g/mol. The normalized spacial score (nSPS) is 11.5. The summed E-state index contributed by atoms with van der Waals surface area (Å²) in [6.45, 7) is 6.18. The molecule has 7 nitrogen and oxygen atoms in total. The van der Waals surface area contributed by atoms with Gasteiger partial charge in [-0.1, -0.05) is 45.0 Å². The van der Waals surface area contributed by atoms with Gasteiger partial charge in [0.1, 0.15) is 11.5 Å². The first kappa shape index (κ1) is 17.8. The number of hydrogen-bond donors (Lipinski definition) is 1. The Bertz CT molecular complexity index is 1140. The van der Waals surface area contributed by atoms with Crippen LogP contribution in [0.25, 0.3) is 16.7 Å². The number of benzene rings is 1. The number of rotatable bonds is 3. The van der Waals surface area contributed by atoms with Crippen LogP contribution in [-0.4, -0.2) is 30.6 Å². The number of amides is 1. The van der Waals surface area contributed by atoms with Crippen LogP contribution < -0.4 is 5.32 Å². The Kier molecular flexibility index (Phi) is 4.35. The van der Waals surface area contributed by atoms with Crippen LogP contribution >= 0.6 is 0 Å². The summed E-state index contributed by atoms with van der Waals surface area (Å²) in [7, 11) is 0. The van der Waals surface area contributed by atoms with Crippen molar-refractivity contribution < 1.29 is 4.79 Å². The van der Waals surface area contributed by atoms with E-state index in [9.17, 15) is 4.79 Å². The highest BCUT2D eigenvalue weighted by Gasteiger charge is 2.23. The van der Waals surface area contributed by atoms with E-state index < -0.39 is 0 Å². The molecule has 0 bridgehead atoms. The van der Waals surface area contributed by atoms with Gasteiger partial charge in [-0.2, -0.15) is 9.78 Å². The van der Waals surface area contributed by atoms with Crippen LogP contribution in [0.4, 0.5) is 5.82 Å². The van der Waals surface area contributed by atoms with Gasteiger partial charge in [-0.3, -0.25) is 9.78 Å². The van der Waals surface area contributed by atoms with Gasteiger partial charge in [0.25, 0.3) is 11.9 Å². The average Bonchev–Trinajstić information content (AvgIpc) is 3.12. The third kappa shape index (κ3) is 3.34. The van der Waals surface area contributed by atoms with E-state index in [0.717, 1.165) is 16.5 Å². The minimum atomic E-state index is -0.311. The minimum Gasteiger partial charge on any atom is -0.305 e. The largest absolute Gasteiger partial charge is 0.305 e. The Balaban J connectivity index is 1.76. The number of fused-ring (bicyclic) bond motifs is 1. The maximum absolute atomic E-state index is 13.0. The SMILES string of the molecule is CC(C)(C)c1cc(NC(=O)c2nccc3ccccc23)n(-c2ncccn2)n1. The molecule has 7 heteroatoms. The second kappa shape index (κ2) is 6.84. The third-order valence-electron chi connectivity index (χ3n) is 4.35. The number of aromatic nitrogens is 5. The Morgan fingerprint density at radius 1 is 0.964 bits per heavy atom. The van der Waals surface area contributed by atoms with Crippen molar-refractivity contribution in [3.05, 3.63) is 72.4 Å². The summed E-state index contributed by atoms with van der Waals surface area (Å²) in [6.07, 6.45) is 4.91. The molecular weight excluding hydrogens is 352 g/mol. The van der Waals surface area contributed by atoms with Gasteiger partial charge in [0.05, 0.1) is 5.69 Å². The van der Waals surface area contributed by atoms with E-state index in [0.29, 0.717) is 17.5 Å². The van der Waals surface area contributed by atoms with Crippen LogP contribution in [0, 0.1) is 0 Å². The van der Waals surface area contributed by atoms with Gasteiger partial charge in [-0.25, -0.2) is 9.97 Å². The van der Waals surface area contributed by atoms with Crippen LogP contribution in [-0.2, 0) is 5.41 Å². The molecule has 0 aliphatic heterocycles. The van der Waals surface area contributed by atoms with Gasteiger partial charge < -0.3 is 5.32 Å². The Morgan fingerprint density at radius 3 is 2.46 bits per heavy atom. The van der Waals surface area contributed by atoms with E-state index in [1.165, 1.54) is 0 Å². The lowest BCUT2D eigenvalue weighted by atomic mass is 9.92. The lowest BCUT2D eigenvalue weighted by Crippen LogP contribution is -2.17. The number of carbonyl (C=O) groups excluding carboxylic acids is 1. The smallest absolute Gasteiger partial charge is 0.276 e. The molecule has 1 aromatic carbocycles. The van der Waals surface area contributed by atoms with Crippen molar-refractivity contribution in [1.82, 2.24) is 24.7 Å². The summed E-state index contributed by atoms with van der Waals surface area (Å²) in [6, 6.07) is 13.1. The molecule has 1 N–H and O–H groups in total. The summed E-state index contributed by atoms with van der Waals surface area (Å²) in [4.78, 5) is 25.8. The van der Waals surface area contributed by atoms with Gasteiger partial charge in [0.2, 0.25) is 0 Å². The number of pyridine rings is 1. The topological polar surface area (TPSA) is 85.6 Å². The summed E-state index contributed by atoms with van der Waals surface area (Å²) in [5, 5.41) is 9.29. The standard InChI is InChI=1S/C21H20N6O/c1-21(2,3)16-13-17(27(26-16)20-23-10-6-11-24-20)25-19(28)18-15-8-5-4-7-14(15)9-12-22-18/h4-13H,1-3H3,(H,25,28). The maximum Gasteiger partial charge on any atom is 0.276 e. The van der Waals surface area contributed by atoms with Crippen LogP contribution in [0.15, 0.2) is 61.1 Å². The summed E-state index contributed by atoms with van der Waals surface area (Å²) >= 11 is 0. The molecule has 0 aliphatic carbocycles. The molecule has 0 radical (unpaired) electrons. The number of carbonyl (C=O) groups is 1. The number of anilines is 1. The van der Waals surface area contributed by atoms with Crippen molar-refractivity contribution >= 4 is 22.5 Å². The van der Waals surface area contributed by atoms with E-state index in [2.05, 4.69) is 46.1 Å². The Hall–Kier alpha value is -3.61. The molecule has 0 aliphatic rings. The molecule has 1 amide bonds. The summed E-state index contributed by atoms with van der Waals surface area (Å²) < 4.78 is 1.55. The van der Waals surface area contributed by atoms with Gasteiger partial charge in [-0.05, 0) is 17.5 Å². The van der Waals surface area contributed by atoms with Crippen molar-refractivity contribution in [3.8, 4) is 5.95 Å². The van der Waals surface area contributed by atoms with E-state index in [-0.39, 0.29) is 11.3 Å². The zero-order chi connectivity index (χ0) is 19.7. The van der Waals surface area contributed by atoms with Crippen molar-refractivity contribution in [2.24, 2.45) is 0 Å². The lowest BCUT2D eigenvalue weighted by Gasteiger charge is -2.13. The third-order valence-corrected chi connectivity index (χ3v) is 4.35. The fourth-order valence-electron chi connectivity index (χ4n) is 2.87. The molecule has 4 rings (SSSR count). The highest BCUT2D eigenvalue weighted by atomic mass is 16.2. The molecule has 3 aromatic heterocycles. The Morgan fingerprint density at radius 2 is 1.71 bits per heavy atom. The van der Waals surface area contributed by atoms with E-state index in [1.807, 2.05) is 36.4 Å². The molecule has 28 heavy (non-hydrogen) atoms. The van der Waals surface area contributed by atoms with E-state index in [1.54, 1.807) is 29.3 Å². The van der Waals surface area contributed by atoms with Gasteiger partial charge >= 0.3 is 0 Å². The predicted molar refractivity (Wildman–Crippen MR) is 108 cm³/mol. The van der Waals surface area contributed by atoms with Crippen LogP contribution in [0.3, 0.4) is 0 Å². The number of nitrogens with zero attached hydrogens (tertiary/aromatic N) is 5. The molecule has 0 atom stereocenters. The Labute approximate surface area is 162 Å². The quantitative estimate of drug-likeness (QED) is 0.592. The van der Waals surface area contributed by atoms with Crippen LogP contribution in [0.1, 0.15) is 37.0 Å². The van der Waals surface area contributed by atoms with E-state index >= 15 is 0 Å². The predicted octanol–water partition coefficient (Wildman–Crippen LogP) is 3.76. The second-order valence-electron chi connectivity index (χ2n) is 7.46. The maximum atomic E-state index is 13.0. The van der Waals surface area contributed by atoms with Gasteiger partial charge in [0.15, 0.2) is 0 Å². The van der Waals surface area contributed by atoms with Crippen molar-refractivity contribution in [2.45, 2.75) is 26.2 Å². The fraction of sp³-hybridized carbons (Fsp3) is 0.190. The second-order valence-corrected chi connectivity index (χ2v) is 7.46. The van der Waals surface area contributed by atoms with Gasteiger partial charge in [-0.15, -0.1) is 0 Å². The average molecular weight is 372 g/mol. The van der Waals surface area contributed by atoms with Crippen LogP contribution in [0.5, 0.6) is 0 Å². The van der Waals surface area contributed by atoms with E-state index in [4.69, 9.17) is 0 Å². The summed E-state index contributed by atoms with van der Waals surface area (Å²) in [5.41, 5.74) is 0.982. The van der Waals surface area contributed by atoms with Gasteiger partial charge in [0, 0.05) is 35.5 Å². The lowest BCUT2D eigenvalue weighted by molar-refractivity contribution is 0.102. The minimum absolute atomic E-state index is 0.197. The number of hydrogen-bond acceptors (Lipinski definition) is 5. The van der Waals surface area contributed by atoms with Crippen LogP contribution in [0.2, 0.25) is 0 Å². The highest BCUT2D eigenvalue weighted by Crippen LogP contribution is 2.26. The highest BCUT2D eigenvalue weighted by molar-refractivity contribution is 6.11. The first-order chi connectivity index (χ1) is 13.4. The molecule has 0 unspecified atom stereocenters. The molecule has 3 heterocycles. The molecule has 0 saturated heterocycles. The molecule has 0 spiro atoms. The molecule has 4 aromatic rings. The molecule has 140 valence electrons. The fourth-order valence-corrected chi connectivity index (χ4v) is 2.87.